The highest BCUT2D eigenvalue weighted by Crippen LogP contribution is 2.35. The summed E-state index contributed by atoms with van der Waals surface area (Å²) in [6.45, 7) is 7.10. The number of anilines is 1. The van der Waals surface area contributed by atoms with Crippen LogP contribution in [0.2, 0.25) is 10.3 Å². The number of hydrogen-bond acceptors (Lipinski definition) is 7. The van der Waals surface area contributed by atoms with Crippen molar-refractivity contribution in [2.75, 3.05) is 25.6 Å². The molecule has 2 N–H and O–H groups in total. The van der Waals surface area contributed by atoms with Gasteiger partial charge in [0.25, 0.3) is 6.48 Å². The van der Waals surface area contributed by atoms with Crippen molar-refractivity contribution in [2.24, 2.45) is 0 Å². The maximum atomic E-state index is 13.8. The number of pyridine rings is 2. The van der Waals surface area contributed by atoms with E-state index in [1.54, 1.807) is 36.8 Å². The van der Waals surface area contributed by atoms with E-state index in [4.69, 9.17) is 43.1 Å². The molecule has 0 bridgehead atoms. The quantitative estimate of drug-likeness (QED) is 0.133. The zero-order chi connectivity index (χ0) is 33.5. The van der Waals surface area contributed by atoms with Crippen molar-refractivity contribution in [1.29, 1.82) is 0 Å². The minimum atomic E-state index is -0.472. The Labute approximate surface area is 280 Å². The molecule has 1 aliphatic carbocycles. The number of halogens is 4. The summed E-state index contributed by atoms with van der Waals surface area (Å²) in [5, 5.41) is 2.22. The van der Waals surface area contributed by atoms with E-state index in [2.05, 4.69) is 15.0 Å². The van der Waals surface area contributed by atoms with Gasteiger partial charge in [0.05, 0.1) is 34.6 Å². The number of nitrogen functional groups attached to an aromatic ring is 1. The van der Waals surface area contributed by atoms with E-state index in [1.165, 1.54) is 18.3 Å². The predicted octanol–water partition coefficient (Wildman–Crippen LogP) is 8.76. The van der Waals surface area contributed by atoms with Crippen LogP contribution in [0.3, 0.4) is 0 Å². The van der Waals surface area contributed by atoms with Crippen LogP contribution in [0, 0.1) is 11.6 Å². The first-order valence-electron chi connectivity index (χ1n) is 15.0. The summed E-state index contributed by atoms with van der Waals surface area (Å²) in [6.07, 6.45) is 7.31. The second kappa shape index (κ2) is 15.6. The molecule has 0 radical (unpaired) electrons. The average Bonchev–Trinajstić information content (AvgIpc) is 3.67. The maximum Gasteiger partial charge on any atom is 0.271 e. The van der Waals surface area contributed by atoms with Crippen molar-refractivity contribution < 1.29 is 23.0 Å². The third-order valence-electron chi connectivity index (χ3n) is 7.27. The molecule has 0 saturated carbocycles. The molecular weight excluding hydrogens is 647 g/mol. The van der Waals surface area contributed by atoms with Gasteiger partial charge in [-0.2, -0.15) is 0 Å². The second-order valence-corrected chi connectivity index (χ2v) is 11.0. The van der Waals surface area contributed by atoms with Crippen molar-refractivity contribution >= 4 is 67.9 Å². The Hall–Kier alpha value is -4.19. The van der Waals surface area contributed by atoms with E-state index in [9.17, 15) is 8.78 Å². The SMILES string of the molecule is CCOC(OCC)OCC.Fc1cccc2c1cc1c3cc(Cl)ncc3ncn21.Nc1cnc(Cl)cc1C1=Cc2c(F)cccc2C1. The van der Waals surface area contributed by atoms with Gasteiger partial charge in [0.1, 0.15) is 28.3 Å². The van der Waals surface area contributed by atoms with Crippen LogP contribution in [0.4, 0.5) is 14.5 Å². The number of fused-ring (bicyclic) bond motifs is 6. The Bertz CT molecular complexity index is 2040. The zero-order valence-electron chi connectivity index (χ0n) is 26.0. The number of rotatable bonds is 7. The summed E-state index contributed by atoms with van der Waals surface area (Å²) in [7, 11) is 0. The number of allylic oxidation sites excluding steroid dienone is 1. The summed E-state index contributed by atoms with van der Waals surface area (Å²) in [6, 6.07) is 15.4. The van der Waals surface area contributed by atoms with Gasteiger partial charge in [-0.15, -0.1) is 0 Å². The topological polar surface area (TPSA) is 96.8 Å². The van der Waals surface area contributed by atoms with Crippen molar-refractivity contribution in [3.63, 3.8) is 0 Å². The van der Waals surface area contributed by atoms with Crippen LogP contribution in [0.1, 0.15) is 37.5 Å². The van der Waals surface area contributed by atoms with Crippen LogP contribution < -0.4 is 5.73 Å². The van der Waals surface area contributed by atoms with Crippen LogP contribution in [0.5, 0.6) is 0 Å². The lowest BCUT2D eigenvalue weighted by Crippen LogP contribution is -2.20. The van der Waals surface area contributed by atoms with Crippen LogP contribution in [0.25, 0.3) is 39.0 Å². The van der Waals surface area contributed by atoms with Gasteiger partial charge in [-0.25, -0.2) is 23.7 Å². The zero-order valence-corrected chi connectivity index (χ0v) is 27.5. The highest BCUT2D eigenvalue weighted by Gasteiger charge is 2.19. The summed E-state index contributed by atoms with van der Waals surface area (Å²) < 4.78 is 44.6. The van der Waals surface area contributed by atoms with Crippen molar-refractivity contribution in [2.45, 2.75) is 33.7 Å². The molecular formula is C35H33Cl2F2N5O3. The molecule has 244 valence electrons. The molecule has 7 rings (SSSR count). The van der Waals surface area contributed by atoms with Gasteiger partial charge in [0, 0.05) is 41.7 Å². The van der Waals surface area contributed by atoms with E-state index in [1.807, 2.05) is 49.4 Å². The molecule has 0 fully saturated rings. The Morgan fingerprint density at radius 1 is 0.809 bits per heavy atom. The van der Waals surface area contributed by atoms with Gasteiger partial charge in [-0.05, 0) is 80.8 Å². The van der Waals surface area contributed by atoms with E-state index >= 15 is 0 Å². The normalized spacial score (nSPS) is 12.1. The predicted molar refractivity (Wildman–Crippen MR) is 183 cm³/mol. The van der Waals surface area contributed by atoms with E-state index in [0.29, 0.717) is 53.2 Å². The lowest BCUT2D eigenvalue weighted by Gasteiger charge is -2.15. The minimum Gasteiger partial charge on any atom is -0.397 e. The molecule has 4 aromatic heterocycles. The van der Waals surface area contributed by atoms with Crippen molar-refractivity contribution in [3.05, 3.63) is 112 Å². The maximum absolute atomic E-state index is 13.8. The molecule has 0 saturated heterocycles. The number of benzene rings is 2. The first-order valence-corrected chi connectivity index (χ1v) is 15.7. The van der Waals surface area contributed by atoms with Gasteiger partial charge in [0.15, 0.2) is 0 Å². The lowest BCUT2D eigenvalue weighted by molar-refractivity contribution is -0.282. The largest absolute Gasteiger partial charge is 0.397 e. The molecule has 47 heavy (non-hydrogen) atoms. The lowest BCUT2D eigenvalue weighted by atomic mass is 10.0. The summed E-state index contributed by atoms with van der Waals surface area (Å²) in [5.74, 6) is -0.448. The molecule has 1 aliphatic rings. The number of aromatic nitrogens is 4. The first-order chi connectivity index (χ1) is 22.7. The van der Waals surface area contributed by atoms with Crippen LogP contribution in [0.15, 0.2) is 73.3 Å². The molecule has 0 atom stereocenters. The Morgan fingerprint density at radius 2 is 1.47 bits per heavy atom. The Kier molecular flexibility index (Phi) is 11.3. The highest BCUT2D eigenvalue weighted by molar-refractivity contribution is 6.30. The van der Waals surface area contributed by atoms with Crippen molar-refractivity contribution in [3.8, 4) is 0 Å². The fourth-order valence-electron chi connectivity index (χ4n) is 5.17. The fraction of sp³-hybridized carbons (Fsp3) is 0.229. The molecule has 12 heteroatoms. The summed E-state index contributed by atoms with van der Waals surface area (Å²) in [4.78, 5) is 12.2. The molecule has 0 amide bonds. The van der Waals surface area contributed by atoms with Gasteiger partial charge >= 0.3 is 0 Å². The van der Waals surface area contributed by atoms with Crippen LogP contribution in [-0.4, -0.2) is 45.6 Å². The highest BCUT2D eigenvalue weighted by atomic mass is 35.5. The number of nitrogens with two attached hydrogens (primary N) is 1. The Balaban J connectivity index is 0.000000146. The van der Waals surface area contributed by atoms with Gasteiger partial charge in [0.2, 0.25) is 0 Å². The molecule has 2 aromatic carbocycles. The van der Waals surface area contributed by atoms with Gasteiger partial charge in [-0.3, -0.25) is 4.40 Å². The molecule has 4 heterocycles. The van der Waals surface area contributed by atoms with E-state index in [0.717, 1.165) is 38.6 Å². The minimum absolute atomic E-state index is 0.207. The number of ether oxygens (including phenoxy) is 3. The van der Waals surface area contributed by atoms with Gasteiger partial charge in [-0.1, -0.05) is 41.4 Å². The number of nitrogens with zero attached hydrogens (tertiary/aromatic N) is 4. The Morgan fingerprint density at radius 3 is 2.17 bits per heavy atom. The van der Waals surface area contributed by atoms with Crippen LogP contribution >= 0.6 is 23.2 Å². The third kappa shape index (κ3) is 7.86. The monoisotopic (exact) mass is 679 g/mol. The summed E-state index contributed by atoms with van der Waals surface area (Å²) in [5.41, 5.74) is 12.2. The first kappa shape index (κ1) is 34.2. The summed E-state index contributed by atoms with van der Waals surface area (Å²) >= 11 is 11.8. The average molecular weight is 681 g/mol. The van der Waals surface area contributed by atoms with E-state index < -0.39 is 6.48 Å². The van der Waals surface area contributed by atoms with E-state index in [-0.39, 0.29) is 11.6 Å². The molecule has 0 unspecified atom stereocenters. The van der Waals surface area contributed by atoms with Crippen molar-refractivity contribution in [1.82, 2.24) is 19.4 Å². The fourth-order valence-corrected chi connectivity index (χ4v) is 5.49. The standard InChI is InChI=1S/C14H7ClFN3.C14H10ClFN2.C7H16O3/c15-14-5-9-11(6-17-14)18-7-19-12-3-1-2-10(16)8(12)4-13(9)19;15-14-6-11(13(17)7-18-14)9-4-8-2-1-3-12(16)10(8)5-9;1-4-8-7(9-5-2)10-6-3/h1-7H;1-3,5-7H,4,17H2;7H,4-6H2,1-3H3. The molecule has 6 aromatic rings. The smallest absolute Gasteiger partial charge is 0.271 e. The van der Waals surface area contributed by atoms with Gasteiger partial charge < -0.3 is 19.9 Å². The third-order valence-corrected chi connectivity index (χ3v) is 7.68. The molecule has 0 spiro atoms. The number of hydrogen-bond donors (Lipinski definition) is 1. The van der Waals surface area contributed by atoms with Crippen LogP contribution in [-0.2, 0) is 20.6 Å². The molecule has 0 aliphatic heterocycles. The second-order valence-electron chi connectivity index (χ2n) is 10.2. The molecule has 8 nitrogen and oxygen atoms in total.